The van der Waals surface area contributed by atoms with Crippen LogP contribution in [-0.4, -0.2) is 66.3 Å². The highest BCUT2D eigenvalue weighted by molar-refractivity contribution is 6.30. The van der Waals surface area contributed by atoms with Crippen molar-refractivity contribution < 1.29 is 4.79 Å². The van der Waals surface area contributed by atoms with Gasteiger partial charge in [-0.05, 0) is 30.7 Å². The monoisotopic (exact) mass is 449 g/mol. The van der Waals surface area contributed by atoms with Gasteiger partial charge in [-0.15, -0.1) is 0 Å². The Morgan fingerprint density at radius 3 is 2.53 bits per heavy atom. The minimum atomic E-state index is -0.0597. The minimum absolute atomic E-state index is 0.0597. The number of carbonyl (C=O) groups excluding carboxylic acids is 1. The van der Waals surface area contributed by atoms with Crippen LogP contribution in [0.25, 0.3) is 16.9 Å². The molecular weight excluding hydrogens is 426 g/mol. The number of benzene rings is 1. The summed E-state index contributed by atoms with van der Waals surface area (Å²) in [7, 11) is 1.90. The summed E-state index contributed by atoms with van der Waals surface area (Å²) >= 11 is 5.98. The zero-order valence-electron chi connectivity index (χ0n) is 18.1. The summed E-state index contributed by atoms with van der Waals surface area (Å²) in [5.74, 6) is -0.0597. The van der Waals surface area contributed by atoms with Crippen LogP contribution in [-0.2, 0) is 13.6 Å². The highest BCUT2D eigenvalue weighted by Gasteiger charge is 2.25. The molecule has 0 bridgehead atoms. The first-order chi connectivity index (χ1) is 15.5. The third-order valence-corrected chi connectivity index (χ3v) is 6.32. The van der Waals surface area contributed by atoms with E-state index >= 15 is 0 Å². The zero-order chi connectivity index (χ0) is 22.2. The Labute approximate surface area is 191 Å². The zero-order valence-corrected chi connectivity index (χ0v) is 18.8. The minimum Gasteiger partial charge on any atom is -0.335 e. The van der Waals surface area contributed by atoms with Crippen molar-refractivity contribution in [1.82, 2.24) is 34.2 Å². The molecule has 1 fully saturated rings. The number of carbonyl (C=O) groups is 1. The predicted octanol–water partition coefficient (Wildman–Crippen LogP) is 3.05. The standard InChI is InChI=1S/C23H24ClN7O/c1-16-19(14-26-28(16)2)21-7-8-25-22-13-20(27-31(21)22)23(32)30-11-9-29(10-12-30)15-17-3-5-18(24)6-4-17/h3-8,13-14H,9-12,15H2,1-2H3. The maximum absolute atomic E-state index is 13.2. The maximum atomic E-state index is 13.2. The third-order valence-electron chi connectivity index (χ3n) is 6.07. The molecule has 0 unspecified atom stereocenters. The lowest BCUT2D eigenvalue weighted by Gasteiger charge is -2.34. The summed E-state index contributed by atoms with van der Waals surface area (Å²) in [6.45, 7) is 5.84. The van der Waals surface area contributed by atoms with E-state index in [1.54, 1.807) is 16.8 Å². The van der Waals surface area contributed by atoms with Gasteiger partial charge < -0.3 is 4.90 Å². The second-order valence-electron chi connectivity index (χ2n) is 8.09. The normalized spacial score (nSPS) is 14.9. The predicted molar refractivity (Wildman–Crippen MR) is 123 cm³/mol. The summed E-state index contributed by atoms with van der Waals surface area (Å²) in [4.78, 5) is 21.8. The molecule has 1 aliphatic rings. The average Bonchev–Trinajstić information content (AvgIpc) is 3.39. The Morgan fingerprint density at radius 1 is 1.09 bits per heavy atom. The van der Waals surface area contributed by atoms with Crippen molar-refractivity contribution in [2.24, 2.45) is 7.05 Å². The first kappa shape index (κ1) is 20.7. The smallest absolute Gasteiger partial charge is 0.274 e. The molecule has 3 aromatic heterocycles. The number of piperazine rings is 1. The van der Waals surface area contributed by atoms with Gasteiger partial charge in [-0.25, -0.2) is 9.50 Å². The van der Waals surface area contributed by atoms with Gasteiger partial charge in [0.25, 0.3) is 5.91 Å². The Hall–Kier alpha value is -3.23. The van der Waals surface area contributed by atoms with Crippen LogP contribution < -0.4 is 0 Å². The Bertz CT molecular complexity index is 1270. The molecule has 4 heterocycles. The fourth-order valence-electron chi connectivity index (χ4n) is 4.07. The molecule has 32 heavy (non-hydrogen) atoms. The number of hydrogen-bond donors (Lipinski definition) is 0. The molecule has 1 aromatic carbocycles. The number of amides is 1. The van der Waals surface area contributed by atoms with E-state index in [1.807, 2.05) is 60.1 Å². The van der Waals surface area contributed by atoms with Crippen LogP contribution in [0.5, 0.6) is 0 Å². The lowest BCUT2D eigenvalue weighted by Crippen LogP contribution is -2.48. The van der Waals surface area contributed by atoms with Gasteiger partial charge in [-0.3, -0.25) is 14.4 Å². The second kappa shape index (κ2) is 8.37. The fourth-order valence-corrected chi connectivity index (χ4v) is 4.20. The van der Waals surface area contributed by atoms with E-state index in [9.17, 15) is 4.79 Å². The van der Waals surface area contributed by atoms with Crippen molar-refractivity contribution in [1.29, 1.82) is 0 Å². The number of aryl methyl sites for hydroxylation is 1. The third kappa shape index (κ3) is 3.87. The first-order valence-corrected chi connectivity index (χ1v) is 11.0. The molecule has 0 aliphatic carbocycles. The molecule has 9 heteroatoms. The number of nitrogens with zero attached hydrogens (tertiary/aromatic N) is 7. The number of halogens is 1. The van der Waals surface area contributed by atoms with E-state index in [2.05, 4.69) is 20.1 Å². The van der Waals surface area contributed by atoms with E-state index in [0.29, 0.717) is 24.4 Å². The molecule has 4 aromatic rings. The van der Waals surface area contributed by atoms with Crippen molar-refractivity contribution in [2.45, 2.75) is 13.5 Å². The van der Waals surface area contributed by atoms with E-state index in [0.717, 1.165) is 41.6 Å². The van der Waals surface area contributed by atoms with E-state index < -0.39 is 0 Å². The molecule has 1 saturated heterocycles. The fraction of sp³-hybridized carbons (Fsp3) is 0.304. The van der Waals surface area contributed by atoms with Gasteiger partial charge in [0.05, 0.1) is 11.9 Å². The van der Waals surface area contributed by atoms with Gasteiger partial charge in [0.2, 0.25) is 0 Å². The van der Waals surface area contributed by atoms with Crippen molar-refractivity contribution in [3.05, 3.63) is 70.8 Å². The van der Waals surface area contributed by atoms with Crippen LogP contribution in [0.3, 0.4) is 0 Å². The van der Waals surface area contributed by atoms with Crippen LogP contribution in [0.2, 0.25) is 5.02 Å². The van der Waals surface area contributed by atoms with Crippen LogP contribution in [0, 0.1) is 6.92 Å². The number of fused-ring (bicyclic) bond motifs is 1. The summed E-state index contributed by atoms with van der Waals surface area (Å²) in [5, 5.41) is 9.68. The molecular formula is C23H24ClN7O. The van der Waals surface area contributed by atoms with Gasteiger partial charge in [0.1, 0.15) is 0 Å². The average molecular weight is 450 g/mol. The first-order valence-electron chi connectivity index (χ1n) is 10.6. The summed E-state index contributed by atoms with van der Waals surface area (Å²) in [6, 6.07) is 11.6. The number of rotatable bonds is 4. The summed E-state index contributed by atoms with van der Waals surface area (Å²) in [5.41, 5.74) is 5.15. The number of hydrogen-bond acceptors (Lipinski definition) is 5. The van der Waals surface area contributed by atoms with Crippen LogP contribution >= 0.6 is 11.6 Å². The maximum Gasteiger partial charge on any atom is 0.274 e. The lowest BCUT2D eigenvalue weighted by atomic mass is 10.2. The Kier molecular flexibility index (Phi) is 5.40. The van der Waals surface area contributed by atoms with Crippen molar-refractivity contribution >= 4 is 23.2 Å². The van der Waals surface area contributed by atoms with E-state index in [1.165, 1.54) is 5.56 Å². The number of aromatic nitrogens is 5. The second-order valence-corrected chi connectivity index (χ2v) is 8.53. The molecule has 0 spiro atoms. The molecule has 0 saturated carbocycles. The van der Waals surface area contributed by atoms with Crippen LogP contribution in [0.4, 0.5) is 0 Å². The molecule has 164 valence electrons. The summed E-state index contributed by atoms with van der Waals surface area (Å²) in [6.07, 6.45) is 3.55. The largest absolute Gasteiger partial charge is 0.335 e. The SMILES string of the molecule is Cc1c(-c2ccnc3cc(C(=O)N4CCN(Cc5ccc(Cl)cc5)CC4)nn23)cnn1C. The van der Waals surface area contributed by atoms with Gasteiger partial charge in [0.15, 0.2) is 11.3 Å². The Balaban J connectivity index is 1.31. The highest BCUT2D eigenvalue weighted by Crippen LogP contribution is 2.23. The molecule has 8 nitrogen and oxygen atoms in total. The molecule has 0 atom stereocenters. The Morgan fingerprint density at radius 2 is 1.84 bits per heavy atom. The van der Waals surface area contributed by atoms with Gasteiger partial charge in [0, 0.05) is 68.3 Å². The van der Waals surface area contributed by atoms with Gasteiger partial charge in [-0.2, -0.15) is 10.2 Å². The van der Waals surface area contributed by atoms with Crippen molar-refractivity contribution in [3.63, 3.8) is 0 Å². The van der Waals surface area contributed by atoms with Gasteiger partial charge >= 0.3 is 0 Å². The van der Waals surface area contributed by atoms with E-state index in [-0.39, 0.29) is 5.91 Å². The molecule has 1 amide bonds. The molecule has 5 rings (SSSR count). The summed E-state index contributed by atoms with van der Waals surface area (Å²) < 4.78 is 3.55. The molecule has 1 aliphatic heterocycles. The van der Waals surface area contributed by atoms with Crippen LogP contribution in [0.1, 0.15) is 21.7 Å². The van der Waals surface area contributed by atoms with E-state index in [4.69, 9.17) is 11.6 Å². The molecule has 0 radical (unpaired) electrons. The lowest BCUT2D eigenvalue weighted by molar-refractivity contribution is 0.0622. The van der Waals surface area contributed by atoms with Crippen molar-refractivity contribution in [2.75, 3.05) is 26.2 Å². The van der Waals surface area contributed by atoms with Gasteiger partial charge in [-0.1, -0.05) is 23.7 Å². The topological polar surface area (TPSA) is 71.6 Å². The highest BCUT2D eigenvalue weighted by atomic mass is 35.5. The molecule has 0 N–H and O–H groups in total. The van der Waals surface area contributed by atoms with Crippen molar-refractivity contribution in [3.8, 4) is 11.3 Å². The van der Waals surface area contributed by atoms with Crippen LogP contribution in [0.15, 0.2) is 48.8 Å². The quantitative estimate of drug-likeness (QED) is 0.479.